The highest BCUT2D eigenvalue weighted by atomic mass is 16.7. The molecule has 0 aromatic rings. The van der Waals surface area contributed by atoms with E-state index in [0.29, 0.717) is 13.2 Å². The molecule has 5 atom stereocenters. The molecule has 0 saturated carbocycles. The number of amides is 1. The van der Waals surface area contributed by atoms with E-state index in [1.54, 1.807) is 0 Å². The first-order valence-electron chi connectivity index (χ1n) is 10.4. The number of hydrogen-bond acceptors (Lipinski definition) is 10. The molecular formula is C20H34N2O9. The molecule has 178 valence electrons. The van der Waals surface area contributed by atoms with E-state index in [-0.39, 0.29) is 6.61 Å². The van der Waals surface area contributed by atoms with E-state index < -0.39 is 54.5 Å². The number of unbranched alkanes of at least 4 members (excludes halogenated alkanes) is 3. The molecule has 1 rings (SSSR count). The van der Waals surface area contributed by atoms with Gasteiger partial charge in [0, 0.05) is 34.3 Å². The average molecular weight is 446 g/mol. The Bertz CT molecular complexity index is 613. The van der Waals surface area contributed by atoms with Crippen LogP contribution in [-0.4, -0.2) is 74.2 Å². The van der Waals surface area contributed by atoms with Gasteiger partial charge in [0.05, 0.1) is 0 Å². The van der Waals surface area contributed by atoms with Crippen molar-refractivity contribution in [2.45, 2.75) is 84.0 Å². The predicted molar refractivity (Wildman–Crippen MR) is 107 cm³/mol. The maximum atomic E-state index is 11.8. The van der Waals surface area contributed by atoms with Crippen molar-refractivity contribution in [1.82, 2.24) is 5.32 Å². The summed E-state index contributed by atoms with van der Waals surface area (Å²) in [5, 5.41) is 2.66. The van der Waals surface area contributed by atoms with E-state index in [1.807, 2.05) is 0 Å². The van der Waals surface area contributed by atoms with Crippen LogP contribution >= 0.6 is 0 Å². The molecule has 0 spiro atoms. The van der Waals surface area contributed by atoms with Gasteiger partial charge in [-0.1, -0.05) is 12.8 Å². The van der Waals surface area contributed by atoms with Crippen molar-refractivity contribution in [2.24, 2.45) is 5.73 Å². The molecule has 2 unspecified atom stereocenters. The highest BCUT2D eigenvalue weighted by Gasteiger charge is 2.51. The summed E-state index contributed by atoms with van der Waals surface area (Å²) in [4.78, 5) is 46.5. The Kier molecular flexibility index (Phi) is 12.1. The summed E-state index contributed by atoms with van der Waals surface area (Å²) >= 11 is 0. The van der Waals surface area contributed by atoms with Crippen LogP contribution in [0.2, 0.25) is 0 Å². The molecule has 0 aromatic carbocycles. The van der Waals surface area contributed by atoms with Crippen LogP contribution in [0.1, 0.15) is 53.4 Å². The van der Waals surface area contributed by atoms with Crippen LogP contribution in [0.5, 0.6) is 0 Å². The normalized spacial score (nSPS) is 25.4. The molecule has 0 aromatic heterocycles. The second-order valence-electron chi connectivity index (χ2n) is 7.29. The predicted octanol–water partition coefficient (Wildman–Crippen LogP) is 0.178. The zero-order chi connectivity index (χ0) is 23.4. The molecule has 1 saturated heterocycles. The van der Waals surface area contributed by atoms with Gasteiger partial charge in [0.2, 0.25) is 5.91 Å². The molecule has 11 heteroatoms. The van der Waals surface area contributed by atoms with E-state index >= 15 is 0 Å². The first kappa shape index (κ1) is 26.8. The number of carbonyl (C=O) groups excluding carboxylic acids is 4. The van der Waals surface area contributed by atoms with E-state index in [2.05, 4.69) is 5.32 Å². The lowest BCUT2D eigenvalue weighted by molar-refractivity contribution is -0.277. The van der Waals surface area contributed by atoms with Gasteiger partial charge in [0.1, 0.15) is 18.8 Å². The number of carbonyl (C=O) groups is 4. The van der Waals surface area contributed by atoms with Crippen molar-refractivity contribution in [3.05, 3.63) is 0 Å². The number of hydrogen-bond donors (Lipinski definition) is 2. The van der Waals surface area contributed by atoms with Gasteiger partial charge in [0.25, 0.3) is 0 Å². The second kappa shape index (κ2) is 13.9. The standard InChI is InChI=1S/C20H34N2O9/c1-12(23)22-17-19(30-15(4)26)18(29-14(3)25)16(11-28-13(2)24)31-20(17)27-10-8-6-5-7-9-21/h16-20H,5-11,21H2,1-4H3,(H,22,23)/t16?,17-,18-,19?,20+/m0/s1. The van der Waals surface area contributed by atoms with Crippen molar-refractivity contribution >= 4 is 23.8 Å². The van der Waals surface area contributed by atoms with Crippen LogP contribution in [0.4, 0.5) is 0 Å². The van der Waals surface area contributed by atoms with Crippen molar-refractivity contribution in [3.63, 3.8) is 0 Å². The Morgan fingerprint density at radius 3 is 2.03 bits per heavy atom. The van der Waals surface area contributed by atoms with Crippen LogP contribution in [0, 0.1) is 0 Å². The topological polar surface area (TPSA) is 152 Å². The van der Waals surface area contributed by atoms with E-state index in [4.69, 9.17) is 29.4 Å². The SMILES string of the molecule is CC(=O)N[C@H]1C(OC(C)=O)[C@@H](OC(C)=O)C(COC(C)=O)O[C@H]1OCCCCCCN. The lowest BCUT2D eigenvalue weighted by atomic mass is 9.96. The fourth-order valence-corrected chi connectivity index (χ4v) is 3.23. The van der Waals surface area contributed by atoms with Crippen LogP contribution in [0.25, 0.3) is 0 Å². The Balaban J connectivity index is 3.07. The minimum Gasteiger partial charge on any atom is -0.463 e. The molecule has 1 amide bonds. The largest absolute Gasteiger partial charge is 0.463 e. The molecule has 3 N–H and O–H groups in total. The lowest BCUT2D eigenvalue weighted by Gasteiger charge is -2.44. The van der Waals surface area contributed by atoms with Crippen molar-refractivity contribution in [1.29, 1.82) is 0 Å². The smallest absolute Gasteiger partial charge is 0.303 e. The van der Waals surface area contributed by atoms with Gasteiger partial charge in [-0.2, -0.15) is 0 Å². The fraction of sp³-hybridized carbons (Fsp3) is 0.800. The summed E-state index contributed by atoms with van der Waals surface area (Å²) in [7, 11) is 0. The Hall–Kier alpha value is -2.24. The second-order valence-corrected chi connectivity index (χ2v) is 7.29. The highest BCUT2D eigenvalue weighted by Crippen LogP contribution is 2.28. The summed E-state index contributed by atoms with van der Waals surface area (Å²) in [5.74, 6) is -2.27. The first-order chi connectivity index (χ1) is 14.6. The fourth-order valence-electron chi connectivity index (χ4n) is 3.23. The quantitative estimate of drug-likeness (QED) is 0.241. The van der Waals surface area contributed by atoms with Gasteiger partial charge in [0.15, 0.2) is 18.5 Å². The Labute approximate surface area is 182 Å². The average Bonchev–Trinajstić information content (AvgIpc) is 2.66. The third-order valence-corrected chi connectivity index (χ3v) is 4.45. The Morgan fingerprint density at radius 2 is 1.48 bits per heavy atom. The van der Waals surface area contributed by atoms with Gasteiger partial charge in [-0.25, -0.2) is 0 Å². The molecule has 1 heterocycles. The maximum Gasteiger partial charge on any atom is 0.303 e. The number of esters is 3. The maximum absolute atomic E-state index is 11.8. The van der Waals surface area contributed by atoms with Crippen LogP contribution in [-0.2, 0) is 42.9 Å². The molecule has 11 nitrogen and oxygen atoms in total. The molecular weight excluding hydrogens is 412 g/mol. The number of nitrogens with one attached hydrogen (secondary N) is 1. The zero-order valence-electron chi connectivity index (χ0n) is 18.6. The Morgan fingerprint density at radius 1 is 0.871 bits per heavy atom. The summed E-state index contributed by atoms with van der Waals surface area (Å²) < 4.78 is 27.5. The third kappa shape index (κ3) is 10.1. The minimum atomic E-state index is -1.12. The zero-order valence-corrected chi connectivity index (χ0v) is 18.6. The van der Waals surface area contributed by atoms with E-state index in [9.17, 15) is 19.2 Å². The van der Waals surface area contributed by atoms with Crippen LogP contribution in [0.3, 0.4) is 0 Å². The minimum absolute atomic E-state index is 0.256. The highest BCUT2D eigenvalue weighted by molar-refractivity contribution is 5.73. The third-order valence-electron chi connectivity index (χ3n) is 4.45. The van der Waals surface area contributed by atoms with Crippen molar-refractivity contribution < 1.29 is 42.9 Å². The summed E-state index contributed by atoms with van der Waals surface area (Å²) in [6, 6.07) is -0.941. The van der Waals surface area contributed by atoms with Crippen molar-refractivity contribution in [3.8, 4) is 0 Å². The van der Waals surface area contributed by atoms with E-state index in [1.165, 1.54) is 27.7 Å². The number of nitrogens with two attached hydrogens (primary N) is 1. The first-order valence-corrected chi connectivity index (χ1v) is 10.4. The number of ether oxygens (including phenoxy) is 5. The monoisotopic (exact) mass is 446 g/mol. The van der Waals surface area contributed by atoms with Crippen LogP contribution in [0.15, 0.2) is 0 Å². The summed E-state index contributed by atoms with van der Waals surface area (Å²) in [5.41, 5.74) is 5.49. The van der Waals surface area contributed by atoms with Crippen LogP contribution < -0.4 is 11.1 Å². The van der Waals surface area contributed by atoms with Gasteiger partial charge in [-0.05, 0) is 19.4 Å². The molecule has 31 heavy (non-hydrogen) atoms. The molecule has 1 fully saturated rings. The van der Waals surface area contributed by atoms with E-state index in [0.717, 1.165) is 25.7 Å². The number of rotatable bonds is 12. The molecule has 1 aliphatic rings. The summed E-state index contributed by atoms with van der Waals surface area (Å²) in [6.07, 6.45) is -0.719. The van der Waals surface area contributed by atoms with Gasteiger partial charge in [-0.15, -0.1) is 0 Å². The molecule has 0 bridgehead atoms. The van der Waals surface area contributed by atoms with Gasteiger partial charge in [-0.3, -0.25) is 19.2 Å². The molecule has 1 aliphatic heterocycles. The summed E-state index contributed by atoms with van der Waals surface area (Å²) in [6.45, 7) is 5.58. The van der Waals surface area contributed by atoms with Gasteiger partial charge < -0.3 is 34.7 Å². The lowest BCUT2D eigenvalue weighted by Crippen LogP contribution is -2.66. The van der Waals surface area contributed by atoms with Crippen molar-refractivity contribution in [2.75, 3.05) is 19.8 Å². The molecule has 0 aliphatic carbocycles. The van der Waals surface area contributed by atoms with Gasteiger partial charge >= 0.3 is 17.9 Å². The molecule has 0 radical (unpaired) electrons.